The summed E-state index contributed by atoms with van der Waals surface area (Å²) in [5.74, 6) is 3.59. The highest BCUT2D eigenvalue weighted by Crippen LogP contribution is 2.10. The van der Waals surface area contributed by atoms with Crippen molar-refractivity contribution in [3.05, 3.63) is 35.1 Å². The molecule has 112 valence electrons. The quantitative estimate of drug-likeness (QED) is 0.704. The van der Waals surface area contributed by atoms with Crippen LogP contribution in [0, 0.1) is 17.7 Å². The number of hydrogen-bond acceptors (Lipinski definition) is 3. The van der Waals surface area contributed by atoms with Gasteiger partial charge in [0, 0.05) is 19.0 Å². The summed E-state index contributed by atoms with van der Waals surface area (Å²) in [6.07, 6.45) is 0.299. The molecule has 0 aliphatic carbocycles. The van der Waals surface area contributed by atoms with E-state index >= 15 is 0 Å². The van der Waals surface area contributed by atoms with E-state index in [1.807, 2.05) is 0 Å². The maximum Gasteiger partial charge on any atom is 0.254 e. The van der Waals surface area contributed by atoms with E-state index in [9.17, 15) is 14.0 Å². The number of likely N-dealkylation sites (N-methyl/N-ethyl adjacent to an activating group) is 1. The molecule has 0 heterocycles. The molecular formula is C15H17FN2O3. The third-order valence-electron chi connectivity index (χ3n) is 2.67. The molecule has 0 aromatic heterocycles. The number of aliphatic hydroxyl groups is 1. The first-order valence-corrected chi connectivity index (χ1v) is 6.41. The summed E-state index contributed by atoms with van der Waals surface area (Å²) < 4.78 is 13.9. The number of rotatable bonds is 4. The number of amides is 2. The number of aliphatic hydroxyl groups excluding tert-OH is 1. The minimum absolute atomic E-state index is 0.0622. The van der Waals surface area contributed by atoms with Crippen LogP contribution in [0.1, 0.15) is 29.3 Å². The van der Waals surface area contributed by atoms with Crippen molar-refractivity contribution in [1.29, 1.82) is 0 Å². The zero-order valence-corrected chi connectivity index (χ0v) is 11.9. The first-order chi connectivity index (χ1) is 9.99. The number of carbonyl (C=O) groups is 2. The molecule has 0 aliphatic rings. The highest BCUT2D eigenvalue weighted by Gasteiger charge is 2.17. The molecule has 1 unspecified atom stereocenters. The smallest absolute Gasteiger partial charge is 0.254 e. The predicted molar refractivity (Wildman–Crippen MR) is 76.0 cm³/mol. The van der Waals surface area contributed by atoms with Crippen molar-refractivity contribution < 1.29 is 19.1 Å². The lowest BCUT2D eigenvalue weighted by molar-refractivity contribution is -0.122. The first kappa shape index (κ1) is 16.7. The van der Waals surface area contributed by atoms with Crippen molar-refractivity contribution in [2.24, 2.45) is 0 Å². The largest absolute Gasteiger partial charge is 0.395 e. The molecule has 0 saturated heterocycles. The second-order valence-electron chi connectivity index (χ2n) is 4.28. The van der Waals surface area contributed by atoms with E-state index in [0.29, 0.717) is 12.0 Å². The van der Waals surface area contributed by atoms with Crippen LogP contribution >= 0.6 is 0 Å². The van der Waals surface area contributed by atoms with Gasteiger partial charge in [-0.15, -0.1) is 0 Å². The molecule has 5 nitrogen and oxygen atoms in total. The summed E-state index contributed by atoms with van der Waals surface area (Å²) >= 11 is 0. The lowest BCUT2D eigenvalue weighted by atomic mass is 10.1. The monoisotopic (exact) mass is 292 g/mol. The summed E-state index contributed by atoms with van der Waals surface area (Å²) in [4.78, 5) is 23.2. The second-order valence-corrected chi connectivity index (χ2v) is 4.28. The van der Waals surface area contributed by atoms with Gasteiger partial charge in [0.15, 0.2) is 0 Å². The van der Waals surface area contributed by atoms with Gasteiger partial charge >= 0.3 is 0 Å². The molecule has 1 aromatic rings. The van der Waals surface area contributed by atoms with Gasteiger partial charge in [0.1, 0.15) is 11.9 Å². The van der Waals surface area contributed by atoms with Gasteiger partial charge in [0.2, 0.25) is 5.91 Å². The van der Waals surface area contributed by atoms with E-state index in [0.717, 1.165) is 6.07 Å². The summed E-state index contributed by atoms with van der Waals surface area (Å²) in [7, 11) is 1.45. The maximum atomic E-state index is 13.9. The highest BCUT2D eigenvalue weighted by molar-refractivity contribution is 5.97. The molecule has 0 bridgehead atoms. The molecule has 0 aliphatic heterocycles. The Labute approximate surface area is 122 Å². The van der Waals surface area contributed by atoms with Gasteiger partial charge in [-0.1, -0.05) is 11.8 Å². The first-order valence-electron chi connectivity index (χ1n) is 6.41. The van der Waals surface area contributed by atoms with Crippen molar-refractivity contribution in [3.8, 4) is 11.8 Å². The van der Waals surface area contributed by atoms with Crippen LogP contribution in [-0.4, -0.2) is 36.6 Å². The van der Waals surface area contributed by atoms with Gasteiger partial charge in [-0.25, -0.2) is 4.39 Å². The zero-order valence-electron chi connectivity index (χ0n) is 11.9. The van der Waals surface area contributed by atoms with Gasteiger partial charge in [0.05, 0.1) is 12.2 Å². The number of halogens is 1. The Balaban J connectivity index is 2.83. The second kappa shape index (κ2) is 8.02. The molecule has 0 radical (unpaired) electrons. The van der Waals surface area contributed by atoms with E-state index in [2.05, 4.69) is 22.5 Å². The van der Waals surface area contributed by atoms with Crippen molar-refractivity contribution in [2.75, 3.05) is 13.7 Å². The Morgan fingerprint density at radius 3 is 2.71 bits per heavy atom. The van der Waals surface area contributed by atoms with Crippen molar-refractivity contribution in [2.45, 2.75) is 19.4 Å². The minimum atomic E-state index is -0.758. The van der Waals surface area contributed by atoms with Crippen LogP contribution in [0.2, 0.25) is 0 Å². The normalized spacial score (nSPS) is 11.0. The van der Waals surface area contributed by atoms with Gasteiger partial charge < -0.3 is 15.7 Å². The Kier molecular flexibility index (Phi) is 6.37. The highest BCUT2D eigenvalue weighted by atomic mass is 19.1. The number of carbonyl (C=O) groups excluding carboxylic acids is 2. The topological polar surface area (TPSA) is 78.4 Å². The molecule has 0 saturated carbocycles. The van der Waals surface area contributed by atoms with Gasteiger partial charge in [-0.2, -0.15) is 0 Å². The predicted octanol–water partition coefficient (Wildman–Crippen LogP) is 0.424. The fraction of sp³-hybridized carbons (Fsp3) is 0.333. The van der Waals surface area contributed by atoms with Gasteiger partial charge in [-0.05, 0) is 25.1 Å². The Morgan fingerprint density at radius 2 is 2.14 bits per heavy atom. The van der Waals surface area contributed by atoms with Crippen LogP contribution in [0.4, 0.5) is 4.39 Å². The lowest BCUT2D eigenvalue weighted by Crippen LogP contribution is -2.43. The van der Waals surface area contributed by atoms with Crippen LogP contribution in [0.15, 0.2) is 18.2 Å². The van der Waals surface area contributed by atoms with Crippen molar-refractivity contribution >= 4 is 11.8 Å². The average molecular weight is 292 g/mol. The standard InChI is InChI=1S/C15H17FN2O3/c1-10(14(20)17-2)18-15(21)12-7-6-11(9-13(12)16)5-3-4-8-19/h6-7,9-10,19H,4,8H2,1-2H3,(H,17,20)(H,18,21). The van der Waals surface area contributed by atoms with E-state index in [-0.39, 0.29) is 18.1 Å². The molecule has 0 spiro atoms. The number of hydrogen-bond donors (Lipinski definition) is 3. The van der Waals surface area contributed by atoms with Crippen LogP contribution in [-0.2, 0) is 4.79 Å². The Morgan fingerprint density at radius 1 is 1.43 bits per heavy atom. The molecule has 1 aromatic carbocycles. The van der Waals surface area contributed by atoms with E-state index in [1.165, 1.54) is 26.1 Å². The third kappa shape index (κ3) is 4.89. The van der Waals surface area contributed by atoms with Crippen LogP contribution in [0.5, 0.6) is 0 Å². The molecule has 1 atom stereocenters. The Bertz CT molecular complexity index is 590. The molecule has 3 N–H and O–H groups in total. The average Bonchev–Trinajstić information content (AvgIpc) is 2.46. The lowest BCUT2D eigenvalue weighted by Gasteiger charge is -2.12. The molecule has 21 heavy (non-hydrogen) atoms. The van der Waals surface area contributed by atoms with Gasteiger partial charge in [-0.3, -0.25) is 9.59 Å². The molecular weight excluding hydrogens is 275 g/mol. The van der Waals surface area contributed by atoms with Crippen LogP contribution in [0.3, 0.4) is 0 Å². The fourth-order valence-corrected chi connectivity index (χ4v) is 1.55. The van der Waals surface area contributed by atoms with E-state index < -0.39 is 17.8 Å². The molecule has 1 rings (SSSR count). The summed E-state index contributed by atoms with van der Waals surface area (Å²) in [5, 5.41) is 13.4. The summed E-state index contributed by atoms with van der Waals surface area (Å²) in [5.41, 5.74) is 0.260. The number of nitrogens with one attached hydrogen (secondary N) is 2. The van der Waals surface area contributed by atoms with Crippen molar-refractivity contribution in [1.82, 2.24) is 10.6 Å². The van der Waals surface area contributed by atoms with Gasteiger partial charge in [0.25, 0.3) is 5.91 Å². The van der Waals surface area contributed by atoms with E-state index in [4.69, 9.17) is 5.11 Å². The number of benzene rings is 1. The molecule has 6 heteroatoms. The molecule has 0 fully saturated rings. The SMILES string of the molecule is CNC(=O)C(C)NC(=O)c1ccc(C#CCCO)cc1F. The third-order valence-corrected chi connectivity index (χ3v) is 2.67. The van der Waals surface area contributed by atoms with E-state index in [1.54, 1.807) is 0 Å². The summed E-state index contributed by atoms with van der Waals surface area (Å²) in [6, 6.07) is 3.20. The zero-order chi connectivity index (χ0) is 15.8. The Hall–Kier alpha value is -2.39. The summed E-state index contributed by atoms with van der Waals surface area (Å²) in [6.45, 7) is 1.44. The van der Waals surface area contributed by atoms with Crippen LogP contribution in [0.25, 0.3) is 0 Å². The minimum Gasteiger partial charge on any atom is -0.395 e. The van der Waals surface area contributed by atoms with Crippen molar-refractivity contribution in [3.63, 3.8) is 0 Å². The fourth-order valence-electron chi connectivity index (χ4n) is 1.55. The maximum absolute atomic E-state index is 13.9. The van der Waals surface area contributed by atoms with Crippen LogP contribution < -0.4 is 10.6 Å². The molecule has 2 amide bonds.